The maximum atomic E-state index is 11.4. The Bertz CT molecular complexity index is 392. The molecule has 0 spiro atoms. The van der Waals surface area contributed by atoms with E-state index in [1.165, 1.54) is 0 Å². The van der Waals surface area contributed by atoms with Crippen molar-refractivity contribution in [2.75, 3.05) is 18.5 Å². The van der Waals surface area contributed by atoms with Crippen LogP contribution in [0.5, 0.6) is 0 Å². The smallest absolute Gasteiger partial charge is 0.407 e. The van der Waals surface area contributed by atoms with Crippen molar-refractivity contribution in [1.82, 2.24) is 5.32 Å². The van der Waals surface area contributed by atoms with E-state index < -0.39 is 6.09 Å². The number of carbonyl (C=O) groups is 2. The van der Waals surface area contributed by atoms with E-state index in [1.807, 2.05) is 0 Å². The third-order valence-corrected chi connectivity index (χ3v) is 2.05. The van der Waals surface area contributed by atoms with E-state index in [0.717, 1.165) is 0 Å². The number of ether oxygens (including phenoxy) is 1. The van der Waals surface area contributed by atoms with Gasteiger partial charge in [0.15, 0.2) is 0 Å². The molecule has 0 aliphatic rings. The SMILES string of the molecule is CCOC(=O)NCC(=O)Nc1ccc(Cl)cc1. The molecule has 17 heavy (non-hydrogen) atoms. The fraction of sp³-hybridized carbons (Fsp3) is 0.273. The van der Waals surface area contributed by atoms with Gasteiger partial charge in [0.25, 0.3) is 0 Å². The van der Waals surface area contributed by atoms with Crippen molar-refractivity contribution in [2.24, 2.45) is 0 Å². The van der Waals surface area contributed by atoms with Crippen LogP contribution in [0.1, 0.15) is 6.92 Å². The van der Waals surface area contributed by atoms with Gasteiger partial charge >= 0.3 is 6.09 Å². The quantitative estimate of drug-likeness (QED) is 0.866. The first-order chi connectivity index (χ1) is 8.11. The van der Waals surface area contributed by atoms with Gasteiger partial charge in [-0.25, -0.2) is 4.79 Å². The predicted octanol–water partition coefficient (Wildman–Crippen LogP) is 2.02. The average molecular weight is 257 g/mol. The summed E-state index contributed by atoms with van der Waals surface area (Å²) in [7, 11) is 0. The molecule has 1 rings (SSSR count). The van der Waals surface area contributed by atoms with Gasteiger partial charge in [-0.2, -0.15) is 0 Å². The molecule has 1 aromatic rings. The molecule has 0 atom stereocenters. The number of halogens is 1. The highest BCUT2D eigenvalue weighted by Crippen LogP contribution is 2.12. The summed E-state index contributed by atoms with van der Waals surface area (Å²) >= 11 is 5.70. The number of hydrogen-bond donors (Lipinski definition) is 2. The second-order valence-electron chi connectivity index (χ2n) is 3.13. The lowest BCUT2D eigenvalue weighted by Crippen LogP contribution is -2.33. The maximum absolute atomic E-state index is 11.4. The zero-order valence-electron chi connectivity index (χ0n) is 9.33. The first-order valence-corrected chi connectivity index (χ1v) is 5.45. The zero-order chi connectivity index (χ0) is 12.7. The number of benzene rings is 1. The van der Waals surface area contributed by atoms with Crippen molar-refractivity contribution < 1.29 is 14.3 Å². The minimum Gasteiger partial charge on any atom is -0.450 e. The lowest BCUT2D eigenvalue weighted by Gasteiger charge is -2.06. The van der Waals surface area contributed by atoms with Gasteiger partial charge in [-0.15, -0.1) is 0 Å². The molecule has 0 bridgehead atoms. The summed E-state index contributed by atoms with van der Waals surface area (Å²) in [5.74, 6) is -0.333. The van der Waals surface area contributed by atoms with Crippen molar-refractivity contribution in [3.63, 3.8) is 0 Å². The summed E-state index contributed by atoms with van der Waals surface area (Å²) < 4.78 is 4.61. The van der Waals surface area contributed by atoms with Crippen molar-refractivity contribution in [3.8, 4) is 0 Å². The van der Waals surface area contributed by atoms with Gasteiger partial charge in [-0.05, 0) is 31.2 Å². The van der Waals surface area contributed by atoms with Crippen molar-refractivity contribution in [3.05, 3.63) is 29.3 Å². The van der Waals surface area contributed by atoms with Gasteiger partial charge in [-0.3, -0.25) is 4.79 Å². The molecule has 6 heteroatoms. The zero-order valence-corrected chi connectivity index (χ0v) is 10.1. The van der Waals surface area contributed by atoms with Crippen LogP contribution in [0, 0.1) is 0 Å². The second kappa shape index (κ2) is 6.75. The summed E-state index contributed by atoms with van der Waals surface area (Å²) in [6.07, 6.45) is -0.612. The number of nitrogens with one attached hydrogen (secondary N) is 2. The summed E-state index contributed by atoms with van der Waals surface area (Å²) in [5.41, 5.74) is 0.616. The Balaban J connectivity index is 2.34. The molecule has 0 unspecified atom stereocenters. The molecule has 92 valence electrons. The highest BCUT2D eigenvalue weighted by Gasteiger charge is 2.05. The van der Waals surface area contributed by atoms with Crippen LogP contribution in [0.25, 0.3) is 0 Å². The molecular formula is C11H13ClN2O3. The number of hydrogen-bond acceptors (Lipinski definition) is 3. The van der Waals surface area contributed by atoms with Gasteiger partial charge in [0, 0.05) is 10.7 Å². The van der Waals surface area contributed by atoms with E-state index in [2.05, 4.69) is 15.4 Å². The van der Waals surface area contributed by atoms with Crippen LogP contribution < -0.4 is 10.6 Å². The number of amides is 2. The number of alkyl carbamates (subject to hydrolysis) is 1. The van der Waals surface area contributed by atoms with Gasteiger partial charge in [0.2, 0.25) is 5.91 Å². The molecule has 2 N–H and O–H groups in total. The van der Waals surface area contributed by atoms with Gasteiger partial charge < -0.3 is 15.4 Å². The van der Waals surface area contributed by atoms with Crippen molar-refractivity contribution >= 4 is 29.3 Å². The number of anilines is 1. The van der Waals surface area contributed by atoms with Crippen LogP contribution in [0.4, 0.5) is 10.5 Å². The molecule has 5 nitrogen and oxygen atoms in total. The second-order valence-corrected chi connectivity index (χ2v) is 3.57. The summed E-state index contributed by atoms with van der Waals surface area (Å²) in [6.45, 7) is 1.82. The molecule has 2 amide bonds. The standard InChI is InChI=1S/C11H13ClN2O3/c1-2-17-11(16)13-7-10(15)14-9-5-3-8(12)4-6-9/h3-6H,2,7H2,1H3,(H,13,16)(H,14,15). The van der Waals surface area contributed by atoms with E-state index in [0.29, 0.717) is 10.7 Å². The van der Waals surface area contributed by atoms with Gasteiger partial charge in [-0.1, -0.05) is 11.6 Å². The van der Waals surface area contributed by atoms with Gasteiger partial charge in [0.1, 0.15) is 6.54 Å². The predicted molar refractivity (Wildman–Crippen MR) is 65.1 cm³/mol. The van der Waals surface area contributed by atoms with Crippen LogP contribution in [0.2, 0.25) is 5.02 Å². The van der Waals surface area contributed by atoms with Crippen molar-refractivity contribution in [2.45, 2.75) is 6.92 Å². The van der Waals surface area contributed by atoms with Gasteiger partial charge in [0.05, 0.1) is 6.61 Å². The minimum atomic E-state index is -0.612. The monoisotopic (exact) mass is 256 g/mol. The lowest BCUT2D eigenvalue weighted by atomic mass is 10.3. The molecule has 0 saturated heterocycles. The Hall–Kier alpha value is -1.75. The van der Waals surface area contributed by atoms with E-state index >= 15 is 0 Å². The minimum absolute atomic E-state index is 0.137. The third kappa shape index (κ3) is 5.21. The molecule has 0 heterocycles. The molecule has 1 aromatic carbocycles. The fourth-order valence-corrected chi connectivity index (χ4v) is 1.20. The highest BCUT2D eigenvalue weighted by atomic mass is 35.5. The van der Waals surface area contributed by atoms with Crippen LogP contribution in [-0.2, 0) is 9.53 Å². The molecule has 0 radical (unpaired) electrons. The Morgan fingerprint density at radius 3 is 2.53 bits per heavy atom. The topological polar surface area (TPSA) is 67.4 Å². The van der Waals surface area contributed by atoms with Crippen LogP contribution in [0.3, 0.4) is 0 Å². The first kappa shape index (κ1) is 13.3. The molecular weight excluding hydrogens is 244 g/mol. The Kier molecular flexibility index (Phi) is 5.29. The molecule has 0 fully saturated rings. The average Bonchev–Trinajstić information content (AvgIpc) is 2.30. The van der Waals surface area contributed by atoms with Crippen LogP contribution in [-0.4, -0.2) is 25.2 Å². The molecule has 0 aliphatic carbocycles. The maximum Gasteiger partial charge on any atom is 0.407 e. The highest BCUT2D eigenvalue weighted by molar-refractivity contribution is 6.30. The van der Waals surface area contributed by atoms with Crippen LogP contribution >= 0.6 is 11.6 Å². The van der Waals surface area contributed by atoms with E-state index in [9.17, 15) is 9.59 Å². The van der Waals surface area contributed by atoms with Crippen LogP contribution in [0.15, 0.2) is 24.3 Å². The van der Waals surface area contributed by atoms with E-state index in [-0.39, 0.29) is 19.1 Å². The van der Waals surface area contributed by atoms with Crippen molar-refractivity contribution in [1.29, 1.82) is 0 Å². The summed E-state index contributed by atoms with van der Waals surface area (Å²) in [4.78, 5) is 22.3. The molecule has 0 aromatic heterocycles. The normalized spacial score (nSPS) is 9.53. The Labute approximate surface area is 104 Å². The van der Waals surface area contributed by atoms with E-state index in [1.54, 1.807) is 31.2 Å². The third-order valence-electron chi connectivity index (χ3n) is 1.80. The lowest BCUT2D eigenvalue weighted by molar-refractivity contribution is -0.115. The first-order valence-electron chi connectivity index (χ1n) is 5.08. The number of rotatable bonds is 4. The fourth-order valence-electron chi connectivity index (χ4n) is 1.07. The Morgan fingerprint density at radius 1 is 1.29 bits per heavy atom. The summed E-state index contributed by atoms with van der Waals surface area (Å²) in [6, 6.07) is 6.67. The summed E-state index contributed by atoms with van der Waals surface area (Å²) in [5, 5.41) is 5.50. The molecule has 0 aliphatic heterocycles. The number of carbonyl (C=O) groups excluding carboxylic acids is 2. The molecule has 0 saturated carbocycles. The Morgan fingerprint density at radius 2 is 1.94 bits per heavy atom. The van der Waals surface area contributed by atoms with E-state index in [4.69, 9.17) is 11.6 Å². The largest absolute Gasteiger partial charge is 0.450 e.